The smallest absolute Gasteiger partial charge is 0.374 e. The van der Waals surface area contributed by atoms with Gasteiger partial charge in [-0.2, -0.15) is 0 Å². The van der Waals surface area contributed by atoms with Crippen molar-refractivity contribution < 1.29 is 18.9 Å². The Labute approximate surface area is 135 Å². The number of halogens is 1. The number of esters is 1. The lowest BCUT2D eigenvalue weighted by Crippen LogP contribution is -2.04. The van der Waals surface area contributed by atoms with E-state index in [0.717, 1.165) is 0 Å². The van der Waals surface area contributed by atoms with Crippen LogP contribution in [0.3, 0.4) is 0 Å². The van der Waals surface area contributed by atoms with Gasteiger partial charge in [-0.05, 0) is 29.8 Å². The Kier molecular flexibility index (Phi) is 3.99. The maximum absolute atomic E-state index is 12.0. The Hall–Kier alpha value is -2.86. The van der Waals surface area contributed by atoms with Crippen molar-refractivity contribution in [1.82, 2.24) is 0 Å². The number of benzene rings is 2. The summed E-state index contributed by atoms with van der Waals surface area (Å²) in [6, 6.07) is 12.4. The molecular weight excluding hydrogens is 322 g/mol. The summed E-state index contributed by atoms with van der Waals surface area (Å²) in [6.07, 6.45) is 0. The number of carbonyl (C=O) groups is 1. The molecule has 0 aliphatic rings. The highest BCUT2D eigenvalue weighted by Gasteiger charge is 2.15. The Balaban J connectivity index is 1.73. The van der Waals surface area contributed by atoms with Crippen LogP contribution in [0.2, 0.25) is 5.02 Å². The third kappa shape index (κ3) is 3.32. The molecule has 1 aromatic heterocycles. The van der Waals surface area contributed by atoms with Gasteiger partial charge in [0.1, 0.15) is 12.2 Å². The van der Waals surface area contributed by atoms with Crippen molar-refractivity contribution in [2.24, 2.45) is 0 Å². The van der Waals surface area contributed by atoms with Crippen LogP contribution in [0.15, 0.2) is 52.9 Å². The Morgan fingerprint density at radius 1 is 1.22 bits per heavy atom. The second kappa shape index (κ2) is 6.10. The Bertz CT molecular complexity index is 902. The van der Waals surface area contributed by atoms with E-state index in [1.165, 1.54) is 24.3 Å². The maximum atomic E-state index is 12.0. The number of carbonyl (C=O) groups excluding carboxylic acids is 1. The molecule has 6 nitrogen and oxygen atoms in total. The predicted molar refractivity (Wildman–Crippen MR) is 83.4 cm³/mol. The van der Waals surface area contributed by atoms with Gasteiger partial charge in [-0.3, -0.25) is 10.1 Å². The van der Waals surface area contributed by atoms with Crippen molar-refractivity contribution >= 4 is 34.2 Å². The highest BCUT2D eigenvalue weighted by atomic mass is 35.5. The fourth-order valence-electron chi connectivity index (χ4n) is 2.09. The molecule has 3 aromatic rings. The first-order valence-corrected chi connectivity index (χ1v) is 7.00. The summed E-state index contributed by atoms with van der Waals surface area (Å²) in [7, 11) is 0. The number of hydrogen-bond acceptors (Lipinski definition) is 5. The van der Waals surface area contributed by atoms with Crippen molar-refractivity contribution in [2.45, 2.75) is 6.61 Å². The fourth-order valence-corrected chi connectivity index (χ4v) is 2.28. The number of hydrogen-bond donors (Lipinski definition) is 0. The Morgan fingerprint density at radius 3 is 2.83 bits per heavy atom. The molecule has 0 spiro atoms. The molecule has 116 valence electrons. The highest BCUT2D eigenvalue weighted by molar-refractivity contribution is 6.31. The normalized spacial score (nSPS) is 10.7. The molecule has 0 bridgehead atoms. The first-order valence-electron chi connectivity index (χ1n) is 6.62. The zero-order valence-electron chi connectivity index (χ0n) is 11.7. The molecule has 0 unspecified atom stereocenters. The molecule has 1 heterocycles. The SMILES string of the molecule is O=C(OCc1cccc([N+](=O)[O-])c1)c1cc2cc(Cl)ccc2o1. The first-order chi connectivity index (χ1) is 11.0. The van der Waals surface area contributed by atoms with E-state index in [9.17, 15) is 14.9 Å². The van der Waals surface area contributed by atoms with Gasteiger partial charge in [0.05, 0.1) is 4.92 Å². The van der Waals surface area contributed by atoms with Crippen molar-refractivity contribution in [1.29, 1.82) is 0 Å². The minimum absolute atomic E-state index is 0.0488. The molecule has 7 heteroatoms. The van der Waals surface area contributed by atoms with Gasteiger partial charge in [0.15, 0.2) is 0 Å². The standard InChI is InChI=1S/C16H10ClNO5/c17-12-4-5-14-11(7-12)8-15(23-14)16(19)22-9-10-2-1-3-13(6-10)18(20)21/h1-8H,9H2. The van der Waals surface area contributed by atoms with Crippen LogP contribution in [0, 0.1) is 10.1 Å². The van der Waals surface area contributed by atoms with Crippen LogP contribution in [0.4, 0.5) is 5.69 Å². The van der Waals surface area contributed by atoms with Gasteiger partial charge in [0, 0.05) is 22.5 Å². The summed E-state index contributed by atoms with van der Waals surface area (Å²) in [5.74, 6) is -0.600. The van der Waals surface area contributed by atoms with Crippen molar-refractivity contribution in [3.8, 4) is 0 Å². The molecule has 0 saturated heterocycles. The van der Waals surface area contributed by atoms with Crippen LogP contribution >= 0.6 is 11.6 Å². The highest BCUT2D eigenvalue weighted by Crippen LogP contribution is 2.23. The van der Waals surface area contributed by atoms with Crippen molar-refractivity contribution in [3.63, 3.8) is 0 Å². The third-order valence-electron chi connectivity index (χ3n) is 3.17. The lowest BCUT2D eigenvalue weighted by atomic mass is 10.2. The van der Waals surface area contributed by atoms with Crippen LogP contribution in [-0.4, -0.2) is 10.9 Å². The van der Waals surface area contributed by atoms with Crippen LogP contribution < -0.4 is 0 Å². The summed E-state index contributed by atoms with van der Waals surface area (Å²) >= 11 is 5.88. The van der Waals surface area contributed by atoms with Gasteiger partial charge >= 0.3 is 5.97 Å². The number of nitro groups is 1. The molecule has 0 aliphatic carbocycles. The van der Waals surface area contributed by atoms with Gasteiger partial charge in [-0.25, -0.2) is 4.79 Å². The fraction of sp³-hybridized carbons (Fsp3) is 0.0625. The third-order valence-corrected chi connectivity index (χ3v) is 3.41. The number of ether oxygens (including phenoxy) is 1. The molecule has 0 saturated carbocycles. The topological polar surface area (TPSA) is 82.6 Å². The van der Waals surface area contributed by atoms with Crippen LogP contribution in [0.5, 0.6) is 0 Å². The van der Waals surface area contributed by atoms with E-state index in [4.69, 9.17) is 20.8 Å². The predicted octanol–water partition coefficient (Wildman–Crippen LogP) is 4.35. The van der Waals surface area contributed by atoms with E-state index in [-0.39, 0.29) is 18.1 Å². The van der Waals surface area contributed by atoms with Gasteiger partial charge < -0.3 is 9.15 Å². The van der Waals surface area contributed by atoms with Gasteiger partial charge in [-0.15, -0.1) is 0 Å². The number of fused-ring (bicyclic) bond motifs is 1. The summed E-state index contributed by atoms with van der Waals surface area (Å²) < 4.78 is 10.5. The number of furan rings is 1. The molecule has 23 heavy (non-hydrogen) atoms. The monoisotopic (exact) mass is 331 g/mol. The molecule has 0 amide bonds. The summed E-state index contributed by atoms with van der Waals surface area (Å²) in [5, 5.41) is 11.9. The largest absolute Gasteiger partial charge is 0.455 e. The van der Waals surface area contributed by atoms with Crippen LogP contribution in [-0.2, 0) is 11.3 Å². The first kappa shape index (κ1) is 15.1. The molecule has 3 rings (SSSR count). The summed E-state index contributed by atoms with van der Waals surface area (Å²) in [4.78, 5) is 22.2. The van der Waals surface area contributed by atoms with Crippen LogP contribution in [0.25, 0.3) is 11.0 Å². The number of nitrogens with zero attached hydrogens (tertiary/aromatic N) is 1. The average Bonchev–Trinajstić information content (AvgIpc) is 2.96. The zero-order valence-corrected chi connectivity index (χ0v) is 12.4. The number of nitro benzene ring substituents is 1. The van der Waals surface area contributed by atoms with E-state index in [2.05, 4.69) is 0 Å². The van der Waals surface area contributed by atoms with Crippen molar-refractivity contribution in [3.05, 3.63) is 75.0 Å². The second-order valence-electron chi connectivity index (χ2n) is 4.80. The minimum atomic E-state index is -0.649. The number of non-ortho nitro benzene ring substituents is 1. The quantitative estimate of drug-likeness (QED) is 0.403. The summed E-state index contributed by atoms with van der Waals surface area (Å²) in [5.41, 5.74) is 0.986. The van der Waals surface area contributed by atoms with Gasteiger partial charge in [0.25, 0.3) is 5.69 Å². The molecule has 0 N–H and O–H groups in total. The lowest BCUT2D eigenvalue weighted by molar-refractivity contribution is -0.384. The Morgan fingerprint density at radius 2 is 2.04 bits per heavy atom. The summed E-state index contributed by atoms with van der Waals surface area (Å²) in [6.45, 7) is -0.0850. The molecule has 2 aromatic carbocycles. The molecular formula is C16H10ClNO5. The second-order valence-corrected chi connectivity index (χ2v) is 5.23. The minimum Gasteiger partial charge on any atom is -0.455 e. The zero-order chi connectivity index (χ0) is 16.4. The van der Waals surface area contributed by atoms with E-state index < -0.39 is 10.9 Å². The lowest BCUT2D eigenvalue weighted by Gasteiger charge is -2.02. The molecule has 0 fully saturated rings. The van der Waals surface area contributed by atoms with E-state index in [1.807, 2.05) is 0 Å². The molecule has 0 radical (unpaired) electrons. The van der Waals surface area contributed by atoms with Gasteiger partial charge in [0.2, 0.25) is 5.76 Å². The molecule has 0 atom stereocenters. The average molecular weight is 332 g/mol. The van der Waals surface area contributed by atoms with E-state index in [0.29, 0.717) is 21.6 Å². The van der Waals surface area contributed by atoms with Gasteiger partial charge in [-0.1, -0.05) is 23.7 Å². The molecule has 0 aliphatic heterocycles. The van der Waals surface area contributed by atoms with Crippen LogP contribution in [0.1, 0.15) is 16.1 Å². The van der Waals surface area contributed by atoms with E-state index >= 15 is 0 Å². The van der Waals surface area contributed by atoms with E-state index in [1.54, 1.807) is 24.3 Å². The maximum Gasteiger partial charge on any atom is 0.374 e. The van der Waals surface area contributed by atoms with Crippen molar-refractivity contribution in [2.75, 3.05) is 0 Å². The number of rotatable bonds is 4.